The number of likely N-dealkylation sites (N-methyl/N-ethyl adjacent to an activating group) is 1. The summed E-state index contributed by atoms with van der Waals surface area (Å²) >= 11 is 0. The van der Waals surface area contributed by atoms with Crippen LogP contribution in [0.2, 0.25) is 0 Å². The van der Waals surface area contributed by atoms with Gasteiger partial charge < -0.3 is 16.0 Å². The third-order valence-corrected chi connectivity index (χ3v) is 3.88. The fourth-order valence-corrected chi connectivity index (χ4v) is 2.82. The second-order valence-corrected chi connectivity index (χ2v) is 4.94. The Morgan fingerprint density at radius 1 is 1.50 bits per heavy atom. The van der Waals surface area contributed by atoms with E-state index in [0.29, 0.717) is 11.6 Å². The summed E-state index contributed by atoms with van der Waals surface area (Å²) in [7, 11) is 2.00. The zero-order valence-electron chi connectivity index (χ0n) is 10.4. The fraction of sp³-hybridized carbons (Fsp3) is 0.357. The standard InChI is InChI=1S/C14H17N3O/c1-16-9-3-5-13-11(7-9)10-6-8(14(15)18)2-4-12(10)17-13/h2,4,6,9,16-17H,3,5,7H2,1H3,(H2,15,18)/t9-/m0/s1. The maximum absolute atomic E-state index is 11.3. The Labute approximate surface area is 106 Å². The first-order valence-corrected chi connectivity index (χ1v) is 6.29. The Kier molecular flexibility index (Phi) is 2.59. The van der Waals surface area contributed by atoms with Gasteiger partial charge in [0.15, 0.2) is 0 Å². The minimum atomic E-state index is -0.368. The summed E-state index contributed by atoms with van der Waals surface area (Å²) in [6.45, 7) is 0. The van der Waals surface area contributed by atoms with Gasteiger partial charge in [-0.3, -0.25) is 4.79 Å². The first kappa shape index (κ1) is 11.3. The number of carbonyl (C=O) groups excluding carboxylic acids is 1. The number of carbonyl (C=O) groups is 1. The lowest BCUT2D eigenvalue weighted by atomic mass is 9.91. The number of aryl methyl sites for hydroxylation is 1. The second kappa shape index (κ2) is 4.14. The lowest BCUT2D eigenvalue weighted by molar-refractivity contribution is 0.100. The van der Waals surface area contributed by atoms with Gasteiger partial charge in [0.05, 0.1) is 0 Å². The summed E-state index contributed by atoms with van der Waals surface area (Å²) in [5.74, 6) is -0.368. The highest BCUT2D eigenvalue weighted by atomic mass is 16.1. The van der Waals surface area contributed by atoms with Gasteiger partial charge in [0.2, 0.25) is 5.91 Å². The Morgan fingerprint density at radius 3 is 3.06 bits per heavy atom. The number of rotatable bonds is 2. The minimum Gasteiger partial charge on any atom is -0.366 e. The third kappa shape index (κ3) is 1.69. The van der Waals surface area contributed by atoms with Crippen molar-refractivity contribution < 1.29 is 4.79 Å². The fourth-order valence-electron chi connectivity index (χ4n) is 2.82. The van der Waals surface area contributed by atoms with Crippen LogP contribution in [-0.2, 0) is 12.8 Å². The Balaban J connectivity index is 2.14. The first-order chi connectivity index (χ1) is 8.69. The van der Waals surface area contributed by atoms with Crippen LogP contribution < -0.4 is 11.1 Å². The molecule has 1 amide bonds. The van der Waals surface area contributed by atoms with E-state index in [-0.39, 0.29) is 5.91 Å². The summed E-state index contributed by atoms with van der Waals surface area (Å²) in [6.07, 6.45) is 3.22. The molecule has 1 aromatic carbocycles. The smallest absolute Gasteiger partial charge is 0.248 e. The van der Waals surface area contributed by atoms with Crippen LogP contribution in [0.15, 0.2) is 18.2 Å². The van der Waals surface area contributed by atoms with Crippen molar-refractivity contribution >= 4 is 16.8 Å². The number of hydrogen-bond acceptors (Lipinski definition) is 2. The lowest BCUT2D eigenvalue weighted by Gasteiger charge is -2.21. The van der Waals surface area contributed by atoms with Gasteiger partial charge in [0, 0.05) is 28.2 Å². The number of primary amides is 1. The molecule has 2 aromatic rings. The van der Waals surface area contributed by atoms with Gasteiger partial charge in [0.1, 0.15) is 0 Å². The molecule has 4 nitrogen and oxygen atoms in total. The van der Waals surface area contributed by atoms with E-state index in [1.54, 1.807) is 6.07 Å². The van der Waals surface area contributed by atoms with E-state index >= 15 is 0 Å². The second-order valence-electron chi connectivity index (χ2n) is 4.94. The number of nitrogens with one attached hydrogen (secondary N) is 2. The van der Waals surface area contributed by atoms with E-state index in [1.165, 1.54) is 11.3 Å². The van der Waals surface area contributed by atoms with Crippen LogP contribution in [0.3, 0.4) is 0 Å². The quantitative estimate of drug-likeness (QED) is 0.745. The first-order valence-electron chi connectivity index (χ1n) is 6.29. The molecular formula is C14H17N3O. The highest BCUT2D eigenvalue weighted by Crippen LogP contribution is 2.29. The molecule has 1 aliphatic carbocycles. The van der Waals surface area contributed by atoms with E-state index in [9.17, 15) is 4.79 Å². The van der Waals surface area contributed by atoms with Crippen molar-refractivity contribution in [2.24, 2.45) is 5.73 Å². The summed E-state index contributed by atoms with van der Waals surface area (Å²) in [6, 6.07) is 6.16. The topological polar surface area (TPSA) is 70.9 Å². The van der Waals surface area contributed by atoms with E-state index in [4.69, 9.17) is 5.73 Å². The summed E-state index contributed by atoms with van der Waals surface area (Å²) in [4.78, 5) is 14.7. The zero-order valence-corrected chi connectivity index (χ0v) is 10.4. The molecule has 1 heterocycles. The Bertz CT molecular complexity index is 615. The van der Waals surface area contributed by atoms with Gasteiger partial charge >= 0.3 is 0 Å². The number of aromatic nitrogens is 1. The van der Waals surface area contributed by atoms with E-state index in [1.807, 2.05) is 19.2 Å². The largest absolute Gasteiger partial charge is 0.366 e. The van der Waals surface area contributed by atoms with Gasteiger partial charge in [-0.1, -0.05) is 0 Å². The van der Waals surface area contributed by atoms with Gasteiger partial charge in [-0.05, 0) is 50.1 Å². The molecule has 0 fully saturated rings. The van der Waals surface area contributed by atoms with Crippen molar-refractivity contribution in [2.75, 3.05) is 7.05 Å². The molecule has 0 spiro atoms. The van der Waals surface area contributed by atoms with E-state index in [2.05, 4.69) is 10.3 Å². The number of benzene rings is 1. The average molecular weight is 243 g/mol. The molecular weight excluding hydrogens is 226 g/mol. The normalized spacial score (nSPS) is 18.8. The summed E-state index contributed by atoms with van der Waals surface area (Å²) in [5.41, 5.74) is 9.66. The molecule has 0 saturated carbocycles. The predicted octanol–water partition coefficient (Wildman–Crippen LogP) is 1.34. The highest BCUT2D eigenvalue weighted by Gasteiger charge is 2.21. The van der Waals surface area contributed by atoms with Crippen molar-refractivity contribution in [2.45, 2.75) is 25.3 Å². The number of fused-ring (bicyclic) bond motifs is 3. The number of hydrogen-bond donors (Lipinski definition) is 3. The van der Waals surface area contributed by atoms with E-state index in [0.717, 1.165) is 30.2 Å². The number of aromatic amines is 1. The van der Waals surface area contributed by atoms with Crippen molar-refractivity contribution in [3.8, 4) is 0 Å². The molecule has 4 N–H and O–H groups in total. The minimum absolute atomic E-state index is 0.368. The van der Waals surface area contributed by atoms with Crippen LogP contribution in [0.1, 0.15) is 28.0 Å². The molecule has 1 atom stereocenters. The van der Waals surface area contributed by atoms with Gasteiger partial charge in [-0.2, -0.15) is 0 Å². The molecule has 0 radical (unpaired) electrons. The molecule has 0 aliphatic heterocycles. The highest BCUT2D eigenvalue weighted by molar-refractivity contribution is 5.98. The number of nitrogens with two attached hydrogens (primary N) is 1. The van der Waals surface area contributed by atoms with Crippen LogP contribution in [0.5, 0.6) is 0 Å². The van der Waals surface area contributed by atoms with Gasteiger partial charge in [0.25, 0.3) is 0 Å². The van der Waals surface area contributed by atoms with Crippen LogP contribution in [-0.4, -0.2) is 24.0 Å². The van der Waals surface area contributed by atoms with Crippen LogP contribution in [0.4, 0.5) is 0 Å². The Morgan fingerprint density at radius 2 is 2.33 bits per heavy atom. The van der Waals surface area contributed by atoms with Crippen molar-refractivity contribution in [1.29, 1.82) is 0 Å². The van der Waals surface area contributed by atoms with Crippen molar-refractivity contribution in [1.82, 2.24) is 10.3 Å². The predicted molar refractivity (Wildman–Crippen MR) is 71.7 cm³/mol. The maximum atomic E-state index is 11.3. The lowest BCUT2D eigenvalue weighted by Crippen LogP contribution is -2.31. The zero-order chi connectivity index (χ0) is 12.7. The Hall–Kier alpha value is -1.81. The molecule has 1 aliphatic rings. The molecule has 1 aromatic heterocycles. The van der Waals surface area contributed by atoms with Crippen LogP contribution in [0.25, 0.3) is 10.9 Å². The molecule has 4 heteroatoms. The summed E-state index contributed by atoms with van der Waals surface area (Å²) < 4.78 is 0. The van der Waals surface area contributed by atoms with E-state index < -0.39 is 0 Å². The van der Waals surface area contributed by atoms with Gasteiger partial charge in [-0.25, -0.2) is 0 Å². The van der Waals surface area contributed by atoms with Crippen molar-refractivity contribution in [3.63, 3.8) is 0 Å². The molecule has 0 unspecified atom stereocenters. The van der Waals surface area contributed by atoms with Crippen LogP contribution >= 0.6 is 0 Å². The van der Waals surface area contributed by atoms with Crippen LogP contribution in [0, 0.1) is 0 Å². The van der Waals surface area contributed by atoms with Gasteiger partial charge in [-0.15, -0.1) is 0 Å². The maximum Gasteiger partial charge on any atom is 0.248 e. The number of H-pyrrole nitrogens is 1. The third-order valence-electron chi connectivity index (χ3n) is 3.88. The molecule has 0 saturated heterocycles. The van der Waals surface area contributed by atoms with Crippen molar-refractivity contribution in [3.05, 3.63) is 35.0 Å². The molecule has 94 valence electrons. The molecule has 3 rings (SSSR count). The SMILES string of the molecule is CN[C@H]1CCc2[nH]c3ccc(C(N)=O)cc3c2C1. The number of amides is 1. The average Bonchev–Trinajstić information content (AvgIpc) is 2.75. The monoisotopic (exact) mass is 243 g/mol. The molecule has 18 heavy (non-hydrogen) atoms. The summed E-state index contributed by atoms with van der Waals surface area (Å²) in [5, 5.41) is 4.47. The molecule has 0 bridgehead atoms.